The van der Waals surface area contributed by atoms with Crippen LogP contribution >= 0.6 is 11.6 Å². The lowest BCUT2D eigenvalue weighted by Crippen LogP contribution is -2.13. The molecule has 0 aromatic heterocycles. The number of rotatable bonds is 3. The predicted molar refractivity (Wildman–Crippen MR) is 78.5 cm³/mol. The van der Waals surface area contributed by atoms with Crippen molar-refractivity contribution < 1.29 is 14.6 Å². The van der Waals surface area contributed by atoms with Gasteiger partial charge in [0.25, 0.3) is 5.91 Å². The van der Waals surface area contributed by atoms with Crippen LogP contribution in [0.5, 0.6) is 11.5 Å². The van der Waals surface area contributed by atoms with E-state index < -0.39 is 5.91 Å². The monoisotopic (exact) mass is 292 g/mol. The van der Waals surface area contributed by atoms with E-state index in [-0.39, 0.29) is 11.3 Å². The van der Waals surface area contributed by atoms with E-state index in [0.717, 1.165) is 0 Å². The average molecular weight is 293 g/mol. The number of nitrogens with two attached hydrogens (primary N) is 1. The smallest absolute Gasteiger partial charge is 0.259 e. The highest BCUT2D eigenvalue weighted by molar-refractivity contribution is 6.30. The maximum atomic E-state index is 12.1. The van der Waals surface area contributed by atoms with Crippen LogP contribution < -0.4 is 15.8 Å². The number of hydrogen-bond donors (Lipinski definition) is 3. The topological polar surface area (TPSA) is 84.6 Å². The highest BCUT2D eigenvalue weighted by Gasteiger charge is 2.14. The minimum Gasteiger partial charge on any atom is -0.507 e. The lowest BCUT2D eigenvalue weighted by molar-refractivity contribution is 0.102. The summed E-state index contributed by atoms with van der Waals surface area (Å²) in [6, 6.07) is 9.09. The quantitative estimate of drug-likeness (QED) is 0.600. The van der Waals surface area contributed by atoms with E-state index in [2.05, 4.69) is 5.32 Å². The minimum absolute atomic E-state index is 0.0852. The Kier molecular flexibility index (Phi) is 4.00. The second-order valence-electron chi connectivity index (χ2n) is 4.08. The van der Waals surface area contributed by atoms with Crippen molar-refractivity contribution in [2.45, 2.75) is 0 Å². The maximum absolute atomic E-state index is 12.1. The largest absolute Gasteiger partial charge is 0.507 e. The lowest BCUT2D eigenvalue weighted by Gasteiger charge is -2.11. The van der Waals surface area contributed by atoms with Gasteiger partial charge in [0.2, 0.25) is 0 Å². The zero-order chi connectivity index (χ0) is 14.7. The Morgan fingerprint density at radius 3 is 2.75 bits per heavy atom. The zero-order valence-electron chi connectivity index (χ0n) is 10.7. The number of nitrogens with one attached hydrogen (secondary N) is 1. The van der Waals surface area contributed by atoms with E-state index in [1.54, 1.807) is 18.2 Å². The molecule has 0 bridgehead atoms. The molecular formula is C14H13ClN2O3. The van der Waals surface area contributed by atoms with Crippen molar-refractivity contribution in [1.29, 1.82) is 0 Å². The van der Waals surface area contributed by atoms with E-state index in [1.807, 2.05) is 0 Å². The van der Waals surface area contributed by atoms with Crippen LogP contribution in [0.2, 0.25) is 5.02 Å². The summed E-state index contributed by atoms with van der Waals surface area (Å²) in [5.74, 6) is -0.214. The van der Waals surface area contributed by atoms with Gasteiger partial charge in [-0.1, -0.05) is 11.6 Å². The van der Waals surface area contributed by atoms with Crippen LogP contribution in [0.1, 0.15) is 10.4 Å². The highest BCUT2D eigenvalue weighted by atomic mass is 35.5. The number of nitrogen functional groups attached to an aromatic ring is 1. The Bertz CT molecular complexity index is 659. The van der Waals surface area contributed by atoms with Crippen molar-refractivity contribution in [3.63, 3.8) is 0 Å². The van der Waals surface area contributed by atoms with Gasteiger partial charge < -0.3 is 20.9 Å². The molecule has 2 aromatic carbocycles. The van der Waals surface area contributed by atoms with Crippen LogP contribution in [0, 0.1) is 0 Å². The molecule has 0 heterocycles. The van der Waals surface area contributed by atoms with E-state index >= 15 is 0 Å². The molecule has 0 aliphatic rings. The van der Waals surface area contributed by atoms with E-state index in [4.69, 9.17) is 22.1 Å². The maximum Gasteiger partial charge on any atom is 0.259 e. The molecule has 5 nitrogen and oxygen atoms in total. The molecule has 1 amide bonds. The van der Waals surface area contributed by atoms with E-state index in [0.29, 0.717) is 22.1 Å². The summed E-state index contributed by atoms with van der Waals surface area (Å²) in [5.41, 5.74) is 6.52. The summed E-state index contributed by atoms with van der Waals surface area (Å²) in [5, 5.41) is 12.8. The third-order valence-corrected chi connectivity index (χ3v) is 2.91. The fraction of sp³-hybridized carbons (Fsp3) is 0.0714. The fourth-order valence-electron chi connectivity index (χ4n) is 1.69. The van der Waals surface area contributed by atoms with Crippen LogP contribution in [-0.4, -0.2) is 18.1 Å². The number of carbonyl (C=O) groups is 1. The van der Waals surface area contributed by atoms with Gasteiger partial charge in [-0.05, 0) is 30.3 Å². The van der Waals surface area contributed by atoms with Crippen LogP contribution in [-0.2, 0) is 0 Å². The molecule has 0 aliphatic heterocycles. The fourth-order valence-corrected chi connectivity index (χ4v) is 1.86. The number of anilines is 2. The Morgan fingerprint density at radius 2 is 2.05 bits per heavy atom. The first-order valence-electron chi connectivity index (χ1n) is 5.74. The molecule has 0 spiro atoms. The van der Waals surface area contributed by atoms with Crippen LogP contribution in [0.15, 0.2) is 36.4 Å². The lowest BCUT2D eigenvalue weighted by atomic mass is 10.1. The van der Waals surface area contributed by atoms with Gasteiger partial charge in [0.1, 0.15) is 11.5 Å². The van der Waals surface area contributed by atoms with E-state index in [9.17, 15) is 9.90 Å². The second kappa shape index (κ2) is 5.71. The summed E-state index contributed by atoms with van der Waals surface area (Å²) in [6.45, 7) is 0. The highest BCUT2D eigenvalue weighted by Crippen LogP contribution is 2.29. The van der Waals surface area contributed by atoms with Gasteiger partial charge in [-0.3, -0.25) is 4.79 Å². The Morgan fingerprint density at radius 1 is 1.30 bits per heavy atom. The molecule has 20 heavy (non-hydrogen) atoms. The molecule has 0 saturated heterocycles. The molecule has 0 aliphatic carbocycles. The molecule has 0 saturated carbocycles. The SMILES string of the molecule is COc1cc(Cl)ccc1NC(=O)c1cc(N)ccc1O. The van der Waals surface area contributed by atoms with Crippen molar-refractivity contribution in [2.24, 2.45) is 0 Å². The number of aromatic hydroxyl groups is 1. The molecule has 2 aromatic rings. The van der Waals surface area contributed by atoms with Crippen molar-refractivity contribution in [3.8, 4) is 11.5 Å². The predicted octanol–water partition coefficient (Wildman–Crippen LogP) is 2.89. The second-order valence-corrected chi connectivity index (χ2v) is 4.51. The molecule has 2 rings (SSSR count). The molecule has 0 atom stereocenters. The summed E-state index contributed by atoms with van der Waals surface area (Å²) >= 11 is 5.85. The number of phenolic OH excluding ortho intramolecular Hbond substituents is 1. The Hall–Kier alpha value is -2.40. The average Bonchev–Trinajstić information content (AvgIpc) is 2.43. The summed E-state index contributed by atoms with van der Waals surface area (Å²) in [4.78, 5) is 12.1. The summed E-state index contributed by atoms with van der Waals surface area (Å²) in [6.07, 6.45) is 0. The Labute approximate surface area is 120 Å². The third kappa shape index (κ3) is 2.95. The number of amides is 1. The van der Waals surface area contributed by atoms with Crippen LogP contribution in [0.25, 0.3) is 0 Å². The van der Waals surface area contributed by atoms with Crippen molar-refractivity contribution in [2.75, 3.05) is 18.2 Å². The Balaban J connectivity index is 2.30. The van der Waals surface area contributed by atoms with Crippen molar-refractivity contribution in [3.05, 3.63) is 47.0 Å². The molecule has 0 fully saturated rings. The zero-order valence-corrected chi connectivity index (χ0v) is 11.4. The number of hydrogen-bond acceptors (Lipinski definition) is 4. The molecule has 0 unspecified atom stereocenters. The van der Waals surface area contributed by atoms with Gasteiger partial charge in [-0.15, -0.1) is 0 Å². The number of halogens is 1. The standard InChI is InChI=1S/C14H13ClN2O3/c1-20-13-6-8(15)2-4-11(13)17-14(19)10-7-9(16)3-5-12(10)18/h2-7,18H,16H2,1H3,(H,17,19). The molecular weight excluding hydrogens is 280 g/mol. The number of ether oxygens (including phenoxy) is 1. The van der Waals surface area contributed by atoms with Gasteiger partial charge in [-0.2, -0.15) is 0 Å². The van der Waals surface area contributed by atoms with Gasteiger partial charge in [0.05, 0.1) is 18.4 Å². The van der Waals surface area contributed by atoms with Gasteiger partial charge >= 0.3 is 0 Å². The summed E-state index contributed by atoms with van der Waals surface area (Å²) < 4.78 is 5.13. The normalized spacial score (nSPS) is 10.1. The number of carbonyl (C=O) groups excluding carboxylic acids is 1. The number of phenols is 1. The van der Waals surface area contributed by atoms with Crippen LogP contribution in [0.4, 0.5) is 11.4 Å². The minimum atomic E-state index is -0.490. The first-order chi connectivity index (χ1) is 9.51. The third-order valence-electron chi connectivity index (χ3n) is 2.68. The van der Waals surface area contributed by atoms with Crippen molar-refractivity contribution >= 4 is 28.9 Å². The molecule has 0 radical (unpaired) electrons. The molecule has 6 heteroatoms. The number of benzene rings is 2. The summed E-state index contributed by atoms with van der Waals surface area (Å²) in [7, 11) is 1.47. The van der Waals surface area contributed by atoms with E-state index in [1.165, 1.54) is 25.3 Å². The first kappa shape index (κ1) is 14.0. The molecule has 104 valence electrons. The first-order valence-corrected chi connectivity index (χ1v) is 6.12. The van der Waals surface area contributed by atoms with Gasteiger partial charge in [0.15, 0.2) is 0 Å². The van der Waals surface area contributed by atoms with Crippen molar-refractivity contribution in [1.82, 2.24) is 0 Å². The van der Waals surface area contributed by atoms with Crippen LogP contribution in [0.3, 0.4) is 0 Å². The van der Waals surface area contributed by atoms with Gasteiger partial charge in [-0.25, -0.2) is 0 Å². The number of methoxy groups -OCH3 is 1. The van der Waals surface area contributed by atoms with Gasteiger partial charge in [0, 0.05) is 16.8 Å². The molecule has 4 N–H and O–H groups in total.